The van der Waals surface area contributed by atoms with Gasteiger partial charge in [-0.1, -0.05) is 0 Å². The number of aryl methyl sites for hydroxylation is 1. The third kappa shape index (κ3) is 4.59. The van der Waals surface area contributed by atoms with Crippen LogP contribution in [0.15, 0.2) is 30.7 Å². The van der Waals surface area contributed by atoms with Gasteiger partial charge in [0.25, 0.3) is 0 Å². The van der Waals surface area contributed by atoms with Crippen LogP contribution in [0, 0.1) is 0 Å². The SMILES string of the molecule is CCOC(=O)COCc1cncc(-c2cnc3c(c2)CCCN3C(N)=O)c1. The van der Waals surface area contributed by atoms with Crippen molar-refractivity contribution in [2.24, 2.45) is 5.73 Å². The Kier molecular flexibility index (Phi) is 5.97. The van der Waals surface area contributed by atoms with E-state index in [4.69, 9.17) is 15.2 Å². The highest BCUT2D eigenvalue weighted by atomic mass is 16.6. The standard InChI is InChI=1S/C19H22N4O4/c1-2-27-17(24)12-26-11-13-6-15(9-21-8-13)16-7-14-4-3-5-23(19(20)25)18(14)22-10-16/h6-10H,2-5,11-12H2,1H3,(H2,20,25). The second-order valence-electron chi connectivity index (χ2n) is 6.18. The minimum Gasteiger partial charge on any atom is -0.464 e. The molecule has 0 unspecified atom stereocenters. The zero-order valence-corrected chi connectivity index (χ0v) is 15.2. The average molecular weight is 370 g/mol. The molecule has 0 spiro atoms. The van der Waals surface area contributed by atoms with E-state index in [0.717, 1.165) is 35.1 Å². The lowest BCUT2D eigenvalue weighted by atomic mass is 10.0. The number of nitrogens with zero attached hydrogens (tertiary/aromatic N) is 3. The molecule has 27 heavy (non-hydrogen) atoms. The van der Waals surface area contributed by atoms with Crippen LogP contribution in [0.4, 0.5) is 10.6 Å². The third-order valence-electron chi connectivity index (χ3n) is 4.21. The molecule has 8 nitrogen and oxygen atoms in total. The number of fused-ring (bicyclic) bond motifs is 1. The van der Waals surface area contributed by atoms with Gasteiger partial charge in [-0.15, -0.1) is 0 Å². The highest BCUT2D eigenvalue weighted by Crippen LogP contribution is 2.29. The first-order chi connectivity index (χ1) is 13.1. The van der Waals surface area contributed by atoms with Gasteiger partial charge in [-0.25, -0.2) is 14.6 Å². The van der Waals surface area contributed by atoms with Crippen molar-refractivity contribution in [3.63, 3.8) is 0 Å². The van der Waals surface area contributed by atoms with Gasteiger partial charge >= 0.3 is 12.0 Å². The summed E-state index contributed by atoms with van der Waals surface area (Å²) in [6.07, 6.45) is 6.83. The zero-order valence-electron chi connectivity index (χ0n) is 15.2. The van der Waals surface area contributed by atoms with Crippen LogP contribution in [-0.2, 0) is 27.3 Å². The first-order valence-electron chi connectivity index (χ1n) is 8.82. The summed E-state index contributed by atoms with van der Waals surface area (Å²) < 4.78 is 10.2. The normalized spacial score (nSPS) is 13.1. The Morgan fingerprint density at radius 1 is 1.22 bits per heavy atom. The third-order valence-corrected chi connectivity index (χ3v) is 4.21. The van der Waals surface area contributed by atoms with Crippen LogP contribution in [0.1, 0.15) is 24.5 Å². The number of rotatable bonds is 6. The average Bonchev–Trinajstić information content (AvgIpc) is 2.67. The maximum absolute atomic E-state index is 11.6. The Labute approximate surface area is 157 Å². The Morgan fingerprint density at radius 3 is 2.81 bits per heavy atom. The van der Waals surface area contributed by atoms with E-state index in [-0.39, 0.29) is 19.2 Å². The molecular weight excluding hydrogens is 348 g/mol. The fraction of sp³-hybridized carbons (Fsp3) is 0.368. The second-order valence-corrected chi connectivity index (χ2v) is 6.18. The minimum atomic E-state index is -0.487. The minimum absolute atomic E-state index is 0.0958. The molecule has 0 radical (unpaired) electrons. The predicted molar refractivity (Wildman–Crippen MR) is 99.0 cm³/mol. The van der Waals surface area contributed by atoms with E-state index < -0.39 is 6.03 Å². The molecule has 2 amide bonds. The van der Waals surface area contributed by atoms with Gasteiger partial charge in [0.15, 0.2) is 0 Å². The van der Waals surface area contributed by atoms with Gasteiger partial charge in [0.2, 0.25) is 0 Å². The number of ether oxygens (including phenoxy) is 2. The number of aromatic nitrogens is 2. The van der Waals surface area contributed by atoms with E-state index in [1.165, 1.54) is 4.90 Å². The van der Waals surface area contributed by atoms with Gasteiger partial charge in [0, 0.05) is 36.3 Å². The largest absolute Gasteiger partial charge is 0.464 e. The second kappa shape index (κ2) is 8.59. The molecule has 1 aliphatic heterocycles. The van der Waals surface area contributed by atoms with E-state index in [9.17, 15) is 9.59 Å². The topological polar surface area (TPSA) is 108 Å². The van der Waals surface area contributed by atoms with Gasteiger partial charge in [0.1, 0.15) is 12.4 Å². The molecular formula is C19H22N4O4. The van der Waals surface area contributed by atoms with Crippen molar-refractivity contribution in [3.8, 4) is 11.1 Å². The Bertz CT molecular complexity index is 840. The number of urea groups is 1. The lowest BCUT2D eigenvalue weighted by Gasteiger charge is -2.26. The molecule has 3 heterocycles. The van der Waals surface area contributed by atoms with Gasteiger partial charge in [0.05, 0.1) is 13.2 Å². The van der Waals surface area contributed by atoms with Gasteiger partial charge in [-0.2, -0.15) is 0 Å². The molecule has 2 aromatic rings. The van der Waals surface area contributed by atoms with Gasteiger partial charge < -0.3 is 15.2 Å². The van der Waals surface area contributed by atoms with Crippen LogP contribution >= 0.6 is 0 Å². The number of primary amides is 1. The maximum atomic E-state index is 11.6. The van der Waals surface area contributed by atoms with Crippen molar-refractivity contribution in [2.45, 2.75) is 26.4 Å². The summed E-state index contributed by atoms with van der Waals surface area (Å²) in [7, 11) is 0. The number of esters is 1. The number of amides is 2. The molecule has 0 fully saturated rings. The fourth-order valence-corrected chi connectivity index (χ4v) is 3.02. The quantitative estimate of drug-likeness (QED) is 0.780. The van der Waals surface area contributed by atoms with Crippen molar-refractivity contribution < 1.29 is 19.1 Å². The smallest absolute Gasteiger partial charge is 0.332 e. The molecule has 0 bridgehead atoms. The number of hydrogen-bond donors (Lipinski definition) is 1. The summed E-state index contributed by atoms with van der Waals surface area (Å²) in [5.74, 6) is 0.235. The number of pyridine rings is 2. The van der Waals surface area contributed by atoms with Crippen LogP contribution < -0.4 is 10.6 Å². The first kappa shape index (κ1) is 18.8. The summed E-state index contributed by atoms with van der Waals surface area (Å²) in [4.78, 5) is 33.1. The zero-order chi connectivity index (χ0) is 19.2. The van der Waals surface area contributed by atoms with Crippen molar-refractivity contribution in [3.05, 3.63) is 41.9 Å². The van der Waals surface area contributed by atoms with E-state index >= 15 is 0 Å². The molecule has 2 N–H and O–H groups in total. The first-order valence-corrected chi connectivity index (χ1v) is 8.82. The highest BCUT2D eigenvalue weighted by Gasteiger charge is 2.22. The van der Waals surface area contributed by atoms with Crippen molar-refractivity contribution in [1.82, 2.24) is 9.97 Å². The maximum Gasteiger partial charge on any atom is 0.332 e. The Morgan fingerprint density at radius 2 is 2.04 bits per heavy atom. The molecule has 2 aromatic heterocycles. The van der Waals surface area contributed by atoms with Crippen LogP contribution in [0.25, 0.3) is 11.1 Å². The summed E-state index contributed by atoms with van der Waals surface area (Å²) in [6.45, 7) is 2.83. The molecule has 0 atom stereocenters. The molecule has 0 aliphatic carbocycles. The van der Waals surface area contributed by atoms with Crippen LogP contribution in [0.2, 0.25) is 0 Å². The Balaban J connectivity index is 1.73. The molecule has 142 valence electrons. The van der Waals surface area contributed by atoms with Gasteiger partial charge in [-0.3, -0.25) is 9.88 Å². The molecule has 0 saturated heterocycles. The Hall–Kier alpha value is -3.00. The van der Waals surface area contributed by atoms with Gasteiger partial charge in [-0.05, 0) is 43.0 Å². The summed E-state index contributed by atoms with van der Waals surface area (Å²) in [6, 6.07) is 3.46. The molecule has 0 aromatic carbocycles. The molecule has 1 aliphatic rings. The van der Waals surface area contributed by atoms with Crippen molar-refractivity contribution >= 4 is 17.8 Å². The molecule has 3 rings (SSSR count). The molecule has 0 saturated carbocycles. The number of nitrogens with two attached hydrogens (primary N) is 1. The lowest BCUT2D eigenvalue weighted by molar-refractivity contribution is -0.148. The van der Waals surface area contributed by atoms with E-state index in [1.807, 2.05) is 12.1 Å². The van der Waals surface area contributed by atoms with Crippen LogP contribution in [0.5, 0.6) is 0 Å². The van der Waals surface area contributed by atoms with Crippen LogP contribution in [-0.4, -0.2) is 41.7 Å². The van der Waals surface area contributed by atoms with Crippen molar-refractivity contribution in [2.75, 3.05) is 24.7 Å². The van der Waals surface area contributed by atoms with E-state index in [0.29, 0.717) is 19.0 Å². The van der Waals surface area contributed by atoms with E-state index in [2.05, 4.69) is 9.97 Å². The fourth-order valence-electron chi connectivity index (χ4n) is 3.02. The summed E-state index contributed by atoms with van der Waals surface area (Å²) >= 11 is 0. The highest BCUT2D eigenvalue weighted by molar-refractivity contribution is 5.91. The number of anilines is 1. The lowest BCUT2D eigenvalue weighted by Crippen LogP contribution is -2.40. The van der Waals surface area contributed by atoms with Crippen molar-refractivity contribution in [1.29, 1.82) is 0 Å². The summed E-state index contributed by atoms with van der Waals surface area (Å²) in [5.41, 5.74) is 9.05. The van der Waals surface area contributed by atoms with Crippen LogP contribution in [0.3, 0.4) is 0 Å². The monoisotopic (exact) mass is 370 g/mol. The number of carbonyl (C=O) groups is 2. The molecule has 8 heteroatoms. The summed E-state index contributed by atoms with van der Waals surface area (Å²) in [5, 5.41) is 0. The number of carbonyl (C=O) groups excluding carboxylic acids is 2. The van der Waals surface area contributed by atoms with E-state index in [1.54, 1.807) is 25.5 Å². The number of hydrogen-bond acceptors (Lipinski definition) is 6. The predicted octanol–water partition coefficient (Wildman–Crippen LogP) is 2.05.